The van der Waals surface area contributed by atoms with Crippen LogP contribution in [0.1, 0.15) is 27.7 Å². The lowest BCUT2D eigenvalue weighted by Crippen LogP contribution is -2.53. The smallest absolute Gasteiger partial charge is 0.0875 e. The predicted molar refractivity (Wildman–Crippen MR) is 57.3 cm³/mol. The maximum Gasteiger partial charge on any atom is 0.0875 e. The molecule has 0 aliphatic carbocycles. The average Bonchev–Trinajstić information content (AvgIpc) is 2.57. The zero-order chi connectivity index (χ0) is 10.5. The fourth-order valence-electron chi connectivity index (χ4n) is 2.93. The largest absolute Gasteiger partial charge is 0.390 e. The van der Waals surface area contributed by atoms with E-state index < -0.39 is 0 Å². The fourth-order valence-corrected chi connectivity index (χ4v) is 2.93. The van der Waals surface area contributed by atoms with Crippen LogP contribution >= 0.6 is 0 Å². The molecule has 2 aliphatic heterocycles. The van der Waals surface area contributed by atoms with Gasteiger partial charge in [-0.15, -0.1) is 0 Å². The van der Waals surface area contributed by atoms with E-state index in [0.29, 0.717) is 12.1 Å². The Kier molecular flexibility index (Phi) is 2.37. The van der Waals surface area contributed by atoms with Crippen LogP contribution in [0.4, 0.5) is 0 Å². The monoisotopic (exact) mass is 198 g/mol. The van der Waals surface area contributed by atoms with Crippen molar-refractivity contribution in [2.24, 2.45) is 0 Å². The van der Waals surface area contributed by atoms with Crippen LogP contribution in [-0.4, -0.2) is 58.3 Å². The third-order valence-corrected chi connectivity index (χ3v) is 3.73. The van der Waals surface area contributed by atoms with Crippen molar-refractivity contribution in [2.45, 2.75) is 51.4 Å². The summed E-state index contributed by atoms with van der Waals surface area (Å²) in [6.45, 7) is 12.0. The summed E-state index contributed by atoms with van der Waals surface area (Å²) in [5.74, 6) is 0. The number of hydrogen-bond acceptors (Lipinski definition) is 3. The summed E-state index contributed by atoms with van der Waals surface area (Å²) in [5, 5.41) is 10.1. The van der Waals surface area contributed by atoms with E-state index in [1.165, 1.54) is 0 Å². The summed E-state index contributed by atoms with van der Waals surface area (Å²) < 4.78 is 0. The van der Waals surface area contributed by atoms with Crippen LogP contribution in [0.3, 0.4) is 0 Å². The Bertz CT molecular complexity index is 224. The summed E-state index contributed by atoms with van der Waals surface area (Å²) >= 11 is 0. The Hall–Kier alpha value is -0.120. The van der Waals surface area contributed by atoms with Gasteiger partial charge in [0.05, 0.1) is 12.1 Å². The van der Waals surface area contributed by atoms with Crippen LogP contribution in [0.2, 0.25) is 0 Å². The minimum absolute atomic E-state index is 0.130. The topological polar surface area (TPSA) is 26.7 Å². The predicted octanol–water partition coefficient (Wildman–Crippen LogP) is 0.534. The highest BCUT2D eigenvalue weighted by molar-refractivity contribution is 5.08. The molecular weight excluding hydrogens is 176 g/mol. The van der Waals surface area contributed by atoms with Gasteiger partial charge >= 0.3 is 0 Å². The van der Waals surface area contributed by atoms with E-state index >= 15 is 0 Å². The number of hydrogen-bond donors (Lipinski definition) is 1. The van der Waals surface area contributed by atoms with Crippen molar-refractivity contribution in [3.8, 4) is 0 Å². The van der Waals surface area contributed by atoms with Crippen molar-refractivity contribution < 1.29 is 5.11 Å². The number of rotatable bonds is 1. The maximum atomic E-state index is 10.1. The van der Waals surface area contributed by atoms with Gasteiger partial charge in [0.15, 0.2) is 0 Å². The molecule has 14 heavy (non-hydrogen) atoms. The van der Waals surface area contributed by atoms with Crippen molar-refractivity contribution >= 4 is 0 Å². The van der Waals surface area contributed by atoms with Gasteiger partial charge in [-0.25, -0.2) is 0 Å². The molecule has 2 bridgehead atoms. The van der Waals surface area contributed by atoms with Crippen molar-refractivity contribution in [3.63, 3.8) is 0 Å². The lowest BCUT2D eigenvalue weighted by molar-refractivity contribution is 0.0540. The van der Waals surface area contributed by atoms with Crippen LogP contribution in [0.5, 0.6) is 0 Å². The van der Waals surface area contributed by atoms with E-state index in [4.69, 9.17) is 0 Å². The quantitative estimate of drug-likeness (QED) is 0.666. The van der Waals surface area contributed by atoms with Crippen molar-refractivity contribution in [1.82, 2.24) is 9.80 Å². The summed E-state index contributed by atoms with van der Waals surface area (Å²) in [4.78, 5) is 4.85. The standard InChI is InChI=1S/C11H22N2O/c1-5-12-6-9-10(14)8(12)7-13(9)11(2,3)4/h8-10,14H,5-7H2,1-4H3. The Morgan fingerprint density at radius 1 is 1.21 bits per heavy atom. The molecule has 0 radical (unpaired) electrons. The summed E-state index contributed by atoms with van der Waals surface area (Å²) in [5.41, 5.74) is 0.195. The van der Waals surface area contributed by atoms with Gasteiger partial charge in [0, 0.05) is 24.7 Å². The highest BCUT2D eigenvalue weighted by Crippen LogP contribution is 2.35. The SMILES string of the molecule is CCN1CC2C(O)C1CN2C(C)(C)C. The van der Waals surface area contributed by atoms with Crippen LogP contribution < -0.4 is 0 Å². The zero-order valence-electron chi connectivity index (χ0n) is 9.70. The lowest BCUT2D eigenvalue weighted by atomic mass is 10.0. The van der Waals surface area contributed by atoms with Gasteiger partial charge in [-0.1, -0.05) is 6.92 Å². The van der Waals surface area contributed by atoms with Gasteiger partial charge in [-0.2, -0.15) is 0 Å². The van der Waals surface area contributed by atoms with E-state index in [-0.39, 0.29) is 11.6 Å². The molecule has 0 amide bonds. The van der Waals surface area contributed by atoms with Gasteiger partial charge in [0.25, 0.3) is 0 Å². The molecular formula is C11H22N2O. The Labute approximate surface area is 86.7 Å². The maximum absolute atomic E-state index is 10.1. The molecule has 3 unspecified atom stereocenters. The molecule has 2 saturated heterocycles. The first kappa shape index (κ1) is 10.4. The van der Waals surface area contributed by atoms with Gasteiger partial charge in [-0.05, 0) is 27.3 Å². The molecule has 82 valence electrons. The van der Waals surface area contributed by atoms with Crippen molar-refractivity contribution in [3.05, 3.63) is 0 Å². The minimum Gasteiger partial charge on any atom is -0.390 e. The summed E-state index contributed by atoms with van der Waals surface area (Å²) in [6.07, 6.45) is -0.130. The summed E-state index contributed by atoms with van der Waals surface area (Å²) in [7, 11) is 0. The van der Waals surface area contributed by atoms with Gasteiger partial charge in [0.1, 0.15) is 0 Å². The van der Waals surface area contributed by atoms with E-state index in [9.17, 15) is 5.11 Å². The number of likely N-dealkylation sites (N-methyl/N-ethyl adjacent to an activating group) is 1. The number of likely N-dealkylation sites (tertiary alicyclic amines) is 2. The van der Waals surface area contributed by atoms with Crippen LogP contribution in [0.25, 0.3) is 0 Å². The molecule has 3 heteroatoms. The molecule has 1 N–H and O–H groups in total. The molecule has 2 rings (SSSR count). The molecule has 3 atom stereocenters. The highest BCUT2D eigenvalue weighted by atomic mass is 16.3. The molecule has 0 spiro atoms. The first-order valence-corrected chi connectivity index (χ1v) is 5.64. The first-order chi connectivity index (χ1) is 6.45. The third-order valence-electron chi connectivity index (χ3n) is 3.73. The lowest BCUT2D eigenvalue weighted by Gasteiger charge is -2.41. The van der Waals surface area contributed by atoms with E-state index in [1.807, 2.05) is 0 Å². The van der Waals surface area contributed by atoms with Crippen molar-refractivity contribution in [2.75, 3.05) is 19.6 Å². The van der Waals surface area contributed by atoms with E-state index in [1.54, 1.807) is 0 Å². The van der Waals surface area contributed by atoms with E-state index in [2.05, 4.69) is 37.5 Å². The highest BCUT2D eigenvalue weighted by Gasteiger charge is 2.52. The Morgan fingerprint density at radius 2 is 1.86 bits per heavy atom. The minimum atomic E-state index is -0.130. The Morgan fingerprint density at radius 3 is 2.21 bits per heavy atom. The third kappa shape index (κ3) is 1.38. The van der Waals surface area contributed by atoms with Crippen molar-refractivity contribution in [1.29, 1.82) is 0 Å². The number of piperazine rings is 1. The molecule has 2 aliphatic rings. The van der Waals surface area contributed by atoms with Crippen LogP contribution in [-0.2, 0) is 0 Å². The zero-order valence-corrected chi connectivity index (χ0v) is 9.70. The summed E-state index contributed by atoms with van der Waals surface area (Å²) in [6, 6.07) is 0.740. The Balaban J connectivity index is 2.12. The normalized spacial score (nSPS) is 39.6. The van der Waals surface area contributed by atoms with Crippen LogP contribution in [0.15, 0.2) is 0 Å². The second-order valence-corrected chi connectivity index (χ2v) is 5.54. The molecule has 0 aromatic rings. The number of nitrogens with zero attached hydrogens (tertiary/aromatic N) is 2. The van der Waals surface area contributed by atoms with Gasteiger partial charge < -0.3 is 5.11 Å². The molecule has 0 saturated carbocycles. The molecule has 3 nitrogen and oxygen atoms in total. The fraction of sp³-hybridized carbons (Fsp3) is 1.00. The first-order valence-electron chi connectivity index (χ1n) is 5.64. The molecule has 0 aromatic carbocycles. The average molecular weight is 198 g/mol. The molecule has 2 heterocycles. The van der Waals surface area contributed by atoms with Crippen LogP contribution in [0, 0.1) is 0 Å². The number of aliphatic hydroxyl groups excluding tert-OH is 1. The molecule has 2 fully saturated rings. The van der Waals surface area contributed by atoms with Gasteiger partial charge in [0.2, 0.25) is 0 Å². The number of aliphatic hydroxyl groups is 1. The second-order valence-electron chi connectivity index (χ2n) is 5.54. The van der Waals surface area contributed by atoms with Gasteiger partial charge in [-0.3, -0.25) is 9.80 Å². The van der Waals surface area contributed by atoms with E-state index in [0.717, 1.165) is 19.6 Å². The second kappa shape index (κ2) is 3.19. The number of fused-ring (bicyclic) bond motifs is 2. The molecule has 0 aromatic heterocycles.